The highest BCUT2D eigenvalue weighted by Gasteiger charge is 2.31. The standard InChI is InChI=1S/C28H32FN3O3/c1-31-14-10-20(18-31)4-3-13-32-15-11-21(22(19-32)16-28(33)34)5-7-26(29)24-9-12-30-27-8-6-23(35-2)17-25(24)27/h6,8-10,12,14,17-18,21-22,26H,5,7,11,13,15-16,19H2,1-2H3,(H,33,34)/t21-,22+,26-/m1/s1. The first-order valence-corrected chi connectivity index (χ1v) is 12.0. The first kappa shape index (κ1) is 24.7. The van der Waals surface area contributed by atoms with E-state index in [9.17, 15) is 9.90 Å². The summed E-state index contributed by atoms with van der Waals surface area (Å²) in [5, 5.41) is 10.2. The number of aryl methyl sites for hydroxylation is 1. The second-order valence-corrected chi connectivity index (χ2v) is 9.34. The number of ether oxygens (including phenoxy) is 1. The van der Waals surface area contributed by atoms with E-state index in [2.05, 4.69) is 21.7 Å². The Labute approximate surface area is 205 Å². The van der Waals surface area contributed by atoms with Gasteiger partial charge in [0, 0.05) is 49.6 Å². The minimum absolute atomic E-state index is 0.0127. The summed E-state index contributed by atoms with van der Waals surface area (Å²) >= 11 is 0. The van der Waals surface area contributed by atoms with Crippen molar-refractivity contribution in [3.63, 3.8) is 0 Å². The topological polar surface area (TPSA) is 67.6 Å². The Balaban J connectivity index is 1.39. The maximum atomic E-state index is 15.4. The van der Waals surface area contributed by atoms with Gasteiger partial charge in [-0.05, 0) is 73.5 Å². The number of pyridine rings is 1. The fraction of sp³-hybridized carbons (Fsp3) is 0.429. The molecule has 0 spiro atoms. The number of piperidine rings is 1. The number of rotatable bonds is 8. The zero-order chi connectivity index (χ0) is 24.8. The van der Waals surface area contributed by atoms with E-state index in [1.165, 1.54) is 0 Å². The maximum absolute atomic E-state index is 15.4. The molecular weight excluding hydrogens is 445 g/mol. The summed E-state index contributed by atoms with van der Waals surface area (Å²) in [6.45, 7) is 2.12. The molecule has 0 unspecified atom stereocenters. The fourth-order valence-corrected chi connectivity index (χ4v) is 5.03. The van der Waals surface area contributed by atoms with E-state index >= 15 is 4.39 Å². The summed E-state index contributed by atoms with van der Waals surface area (Å²) in [5.74, 6) is 6.40. The molecule has 0 radical (unpaired) electrons. The number of hydrogen-bond donors (Lipinski definition) is 1. The first-order chi connectivity index (χ1) is 16.9. The Bertz CT molecular complexity index is 1230. The van der Waals surface area contributed by atoms with Gasteiger partial charge in [-0.3, -0.25) is 14.7 Å². The third-order valence-corrected chi connectivity index (χ3v) is 6.89. The zero-order valence-electron chi connectivity index (χ0n) is 20.3. The van der Waals surface area contributed by atoms with Gasteiger partial charge in [-0.2, -0.15) is 0 Å². The van der Waals surface area contributed by atoms with E-state index in [1.807, 2.05) is 48.3 Å². The number of likely N-dealkylation sites (tertiary alicyclic amines) is 1. The molecule has 3 atom stereocenters. The number of carbonyl (C=O) groups is 1. The number of nitrogens with zero attached hydrogens (tertiary/aromatic N) is 3. The van der Waals surface area contributed by atoms with Crippen molar-refractivity contribution in [1.29, 1.82) is 0 Å². The van der Waals surface area contributed by atoms with Crippen LogP contribution in [0.3, 0.4) is 0 Å². The van der Waals surface area contributed by atoms with Gasteiger partial charge in [0.25, 0.3) is 0 Å². The molecule has 1 N–H and O–H groups in total. The molecule has 7 heteroatoms. The molecule has 1 aliphatic heterocycles. The number of aliphatic carboxylic acids is 1. The molecule has 0 amide bonds. The summed E-state index contributed by atoms with van der Waals surface area (Å²) in [6.07, 6.45) is 6.37. The smallest absolute Gasteiger partial charge is 0.303 e. The number of halogens is 1. The zero-order valence-corrected chi connectivity index (χ0v) is 20.3. The summed E-state index contributed by atoms with van der Waals surface area (Å²) in [5.41, 5.74) is 2.32. The van der Waals surface area contributed by atoms with Gasteiger partial charge in [-0.15, -0.1) is 0 Å². The van der Waals surface area contributed by atoms with Crippen molar-refractivity contribution in [1.82, 2.24) is 14.5 Å². The highest BCUT2D eigenvalue weighted by Crippen LogP contribution is 2.36. The molecule has 1 aromatic carbocycles. The number of hydrogen-bond acceptors (Lipinski definition) is 4. The number of carboxylic acids is 1. The first-order valence-electron chi connectivity index (χ1n) is 12.0. The predicted molar refractivity (Wildman–Crippen MR) is 134 cm³/mol. The van der Waals surface area contributed by atoms with Crippen LogP contribution in [0.15, 0.2) is 48.9 Å². The number of carboxylic acid groups (broad SMARTS) is 1. The van der Waals surface area contributed by atoms with Gasteiger partial charge in [0.2, 0.25) is 0 Å². The lowest BCUT2D eigenvalue weighted by Gasteiger charge is -2.37. The Morgan fingerprint density at radius 2 is 2.17 bits per heavy atom. The lowest BCUT2D eigenvalue weighted by atomic mass is 9.79. The number of fused-ring (bicyclic) bond motifs is 1. The maximum Gasteiger partial charge on any atom is 0.303 e. The van der Waals surface area contributed by atoms with Crippen LogP contribution < -0.4 is 4.74 Å². The molecule has 35 heavy (non-hydrogen) atoms. The van der Waals surface area contributed by atoms with Crippen LogP contribution in [0.25, 0.3) is 10.9 Å². The molecule has 1 saturated heterocycles. The molecular formula is C28H32FN3O3. The molecule has 0 aliphatic carbocycles. The van der Waals surface area contributed by atoms with E-state index in [0.717, 1.165) is 29.4 Å². The Hall–Kier alpha value is -3.37. The molecule has 1 aliphatic rings. The SMILES string of the molecule is COc1ccc2nccc([C@H](F)CC[C@@H]3CCN(CC#Cc4ccn(C)c4)C[C@@H]3CC(=O)O)c2c1. The summed E-state index contributed by atoms with van der Waals surface area (Å²) in [4.78, 5) is 18.1. The van der Waals surface area contributed by atoms with Crippen LogP contribution in [0, 0.1) is 23.7 Å². The van der Waals surface area contributed by atoms with Crippen LogP contribution in [0.1, 0.15) is 43.0 Å². The molecule has 3 heterocycles. The van der Waals surface area contributed by atoms with Crippen molar-refractivity contribution in [2.24, 2.45) is 18.9 Å². The molecule has 4 rings (SSSR count). The Morgan fingerprint density at radius 1 is 1.31 bits per heavy atom. The van der Waals surface area contributed by atoms with Crippen LogP contribution in [0.2, 0.25) is 0 Å². The van der Waals surface area contributed by atoms with E-state index in [0.29, 0.717) is 37.2 Å². The number of alkyl halides is 1. The van der Waals surface area contributed by atoms with Crippen molar-refractivity contribution < 1.29 is 19.0 Å². The summed E-state index contributed by atoms with van der Waals surface area (Å²) in [6, 6.07) is 9.19. The second-order valence-electron chi connectivity index (χ2n) is 9.34. The van der Waals surface area contributed by atoms with E-state index in [4.69, 9.17) is 4.74 Å². The van der Waals surface area contributed by atoms with Gasteiger partial charge in [0.15, 0.2) is 0 Å². The van der Waals surface area contributed by atoms with Crippen LogP contribution in [0.4, 0.5) is 4.39 Å². The van der Waals surface area contributed by atoms with E-state index in [1.54, 1.807) is 19.4 Å². The van der Waals surface area contributed by atoms with Crippen molar-refractivity contribution in [3.05, 3.63) is 60.0 Å². The molecule has 184 valence electrons. The van der Waals surface area contributed by atoms with Crippen molar-refractivity contribution >= 4 is 16.9 Å². The monoisotopic (exact) mass is 477 g/mol. The van der Waals surface area contributed by atoms with Crippen molar-refractivity contribution in [3.8, 4) is 17.6 Å². The Kier molecular flexibility index (Phi) is 8.04. The lowest BCUT2D eigenvalue weighted by Crippen LogP contribution is -2.41. The average molecular weight is 478 g/mol. The van der Waals surface area contributed by atoms with Crippen LogP contribution in [-0.4, -0.2) is 52.3 Å². The molecule has 6 nitrogen and oxygen atoms in total. The quantitative estimate of drug-likeness (QED) is 0.471. The van der Waals surface area contributed by atoms with Crippen molar-refractivity contribution in [2.45, 2.75) is 31.9 Å². The molecule has 3 aromatic rings. The van der Waals surface area contributed by atoms with Gasteiger partial charge in [-0.1, -0.05) is 11.8 Å². The number of methoxy groups -OCH3 is 1. The number of aromatic nitrogens is 2. The van der Waals surface area contributed by atoms with Gasteiger partial charge in [-0.25, -0.2) is 4.39 Å². The highest BCUT2D eigenvalue weighted by atomic mass is 19.1. The van der Waals surface area contributed by atoms with Gasteiger partial charge in [0.1, 0.15) is 11.9 Å². The second kappa shape index (κ2) is 11.4. The fourth-order valence-electron chi connectivity index (χ4n) is 5.03. The third-order valence-electron chi connectivity index (χ3n) is 6.89. The lowest BCUT2D eigenvalue weighted by molar-refractivity contribution is -0.139. The average Bonchev–Trinajstić information content (AvgIpc) is 3.27. The summed E-state index contributed by atoms with van der Waals surface area (Å²) in [7, 11) is 3.55. The summed E-state index contributed by atoms with van der Waals surface area (Å²) < 4.78 is 22.7. The van der Waals surface area contributed by atoms with Crippen LogP contribution in [-0.2, 0) is 11.8 Å². The third kappa shape index (κ3) is 6.40. The predicted octanol–water partition coefficient (Wildman–Crippen LogP) is 4.84. The van der Waals surface area contributed by atoms with Crippen LogP contribution >= 0.6 is 0 Å². The molecule has 0 saturated carbocycles. The Morgan fingerprint density at radius 3 is 2.91 bits per heavy atom. The van der Waals surface area contributed by atoms with Gasteiger partial charge >= 0.3 is 5.97 Å². The molecule has 2 aromatic heterocycles. The van der Waals surface area contributed by atoms with Gasteiger partial charge < -0.3 is 14.4 Å². The molecule has 1 fully saturated rings. The van der Waals surface area contributed by atoms with Crippen LogP contribution in [0.5, 0.6) is 5.75 Å². The highest BCUT2D eigenvalue weighted by molar-refractivity contribution is 5.83. The van der Waals surface area contributed by atoms with E-state index in [-0.39, 0.29) is 18.3 Å². The van der Waals surface area contributed by atoms with E-state index < -0.39 is 12.1 Å². The minimum Gasteiger partial charge on any atom is -0.497 e. The minimum atomic E-state index is -1.15. The largest absolute Gasteiger partial charge is 0.497 e. The molecule has 0 bridgehead atoms. The number of benzene rings is 1. The normalized spacial score (nSPS) is 19.2. The van der Waals surface area contributed by atoms with Gasteiger partial charge in [0.05, 0.1) is 19.2 Å². The van der Waals surface area contributed by atoms with Crippen molar-refractivity contribution in [2.75, 3.05) is 26.7 Å².